The van der Waals surface area contributed by atoms with Crippen LogP contribution in [-0.4, -0.2) is 34.2 Å². The van der Waals surface area contributed by atoms with Gasteiger partial charge in [0.25, 0.3) is 11.5 Å². The Morgan fingerprint density at radius 2 is 1.97 bits per heavy atom. The summed E-state index contributed by atoms with van der Waals surface area (Å²) in [7, 11) is 0. The smallest absolute Gasteiger partial charge is 0.267 e. The molecule has 2 aliphatic rings. The zero-order chi connectivity index (χ0) is 25.4. The van der Waals surface area contributed by atoms with Gasteiger partial charge in [0, 0.05) is 9.90 Å². The van der Waals surface area contributed by atoms with Crippen molar-refractivity contribution in [2.45, 2.75) is 30.8 Å². The molecule has 1 N–H and O–H groups in total. The summed E-state index contributed by atoms with van der Waals surface area (Å²) in [6.07, 6.45) is 5.60. The van der Waals surface area contributed by atoms with Crippen LogP contribution in [-0.2, 0) is 17.6 Å². The highest BCUT2D eigenvalue weighted by molar-refractivity contribution is 7.99. The molecule has 0 atom stereocenters. The van der Waals surface area contributed by atoms with Gasteiger partial charge < -0.3 is 9.47 Å². The summed E-state index contributed by atoms with van der Waals surface area (Å²) in [6.45, 7) is 0.193. The maximum Gasteiger partial charge on any atom is 0.267 e. The van der Waals surface area contributed by atoms with Crippen LogP contribution in [0.25, 0.3) is 15.9 Å². The van der Waals surface area contributed by atoms with Gasteiger partial charge in [-0.1, -0.05) is 23.4 Å². The number of hydrogen-bond acceptors (Lipinski definition) is 8. The number of carbonyl (C=O) groups is 1. The van der Waals surface area contributed by atoms with Crippen LogP contribution in [0.1, 0.15) is 28.8 Å². The minimum Gasteiger partial charge on any atom is -0.454 e. The van der Waals surface area contributed by atoms with E-state index in [1.54, 1.807) is 52.3 Å². The minimum absolute atomic E-state index is 0.0368. The maximum atomic E-state index is 13.8. The van der Waals surface area contributed by atoms with Crippen LogP contribution >= 0.6 is 34.7 Å². The van der Waals surface area contributed by atoms with Crippen molar-refractivity contribution >= 4 is 57.0 Å². The lowest BCUT2D eigenvalue weighted by Gasteiger charge is -2.13. The molecule has 4 aromatic rings. The number of nitrogens with zero attached hydrogens (tertiary/aromatic N) is 3. The van der Waals surface area contributed by atoms with E-state index in [1.807, 2.05) is 6.07 Å². The van der Waals surface area contributed by atoms with Crippen molar-refractivity contribution in [1.29, 1.82) is 0 Å². The highest BCUT2D eigenvalue weighted by atomic mass is 35.5. The van der Waals surface area contributed by atoms with Gasteiger partial charge >= 0.3 is 0 Å². The molecule has 0 unspecified atom stereocenters. The topological polar surface area (TPSA) is 94.8 Å². The van der Waals surface area contributed by atoms with Crippen molar-refractivity contribution < 1.29 is 14.3 Å². The summed E-state index contributed by atoms with van der Waals surface area (Å²) in [5.74, 6) is 1.04. The first-order valence-corrected chi connectivity index (χ1v) is 13.9. The highest BCUT2D eigenvalue weighted by Crippen LogP contribution is 2.35. The maximum absolute atomic E-state index is 13.8. The van der Waals surface area contributed by atoms with E-state index < -0.39 is 0 Å². The molecule has 6 rings (SSSR count). The number of thiophene rings is 1. The van der Waals surface area contributed by atoms with E-state index in [4.69, 9.17) is 26.1 Å². The monoisotopic (exact) mass is 552 g/mol. The van der Waals surface area contributed by atoms with Gasteiger partial charge in [-0.05, 0) is 79.3 Å². The first kappa shape index (κ1) is 24.0. The summed E-state index contributed by atoms with van der Waals surface area (Å²) in [5, 5.41) is 5.77. The number of thioether (sulfide) groups is 1. The van der Waals surface area contributed by atoms with Gasteiger partial charge in [0.15, 0.2) is 16.7 Å². The number of hydrazone groups is 1. The first-order valence-electron chi connectivity index (χ1n) is 11.7. The predicted octanol–water partition coefficient (Wildman–Crippen LogP) is 4.95. The second-order valence-electron chi connectivity index (χ2n) is 8.60. The molecule has 0 radical (unpaired) electrons. The summed E-state index contributed by atoms with van der Waals surface area (Å²) in [4.78, 5) is 33.1. The van der Waals surface area contributed by atoms with Crippen LogP contribution in [0, 0.1) is 0 Å². The molecule has 8 nitrogen and oxygen atoms in total. The number of benzene rings is 2. The average Bonchev–Trinajstić information content (AvgIpc) is 3.52. The minimum atomic E-state index is -0.315. The number of aryl methyl sites for hydroxylation is 2. The summed E-state index contributed by atoms with van der Waals surface area (Å²) in [5.41, 5.74) is 4.97. The molecule has 0 fully saturated rings. The largest absolute Gasteiger partial charge is 0.454 e. The Labute approximate surface area is 225 Å². The van der Waals surface area contributed by atoms with E-state index in [2.05, 4.69) is 10.5 Å². The Balaban J connectivity index is 1.25. The van der Waals surface area contributed by atoms with E-state index >= 15 is 0 Å². The standard InChI is InChI=1S/C26H21ClN4O4S2/c27-16-6-8-17(9-7-16)31-25(33)23-18-3-1-2-4-21(18)37-24(23)29-26(31)36-13-22(32)30-28-12-15-5-10-19-20(11-15)35-14-34-19/h5-12H,1-4,13-14H2,(H,30,32)/b28-12+. The van der Waals surface area contributed by atoms with Gasteiger partial charge in [-0.15, -0.1) is 11.3 Å². The third-order valence-electron chi connectivity index (χ3n) is 6.17. The van der Waals surface area contributed by atoms with E-state index in [9.17, 15) is 9.59 Å². The van der Waals surface area contributed by atoms with Gasteiger partial charge in [-0.3, -0.25) is 14.2 Å². The SMILES string of the molecule is O=C(CSc1nc2sc3c(c2c(=O)n1-c1ccc(Cl)cc1)CCCC3)N/N=C/c1ccc2c(c1)OCO2. The number of rotatable bonds is 6. The van der Waals surface area contributed by atoms with Crippen molar-refractivity contribution in [3.05, 3.63) is 73.8 Å². The number of ether oxygens (including phenoxy) is 2. The van der Waals surface area contributed by atoms with Crippen LogP contribution in [0.2, 0.25) is 5.02 Å². The molecule has 1 amide bonds. The lowest BCUT2D eigenvalue weighted by atomic mass is 9.97. The van der Waals surface area contributed by atoms with Crippen LogP contribution in [0.4, 0.5) is 0 Å². The van der Waals surface area contributed by atoms with E-state index in [0.29, 0.717) is 32.8 Å². The predicted molar refractivity (Wildman–Crippen MR) is 146 cm³/mol. The highest BCUT2D eigenvalue weighted by Gasteiger charge is 2.23. The fraction of sp³-hybridized carbons (Fsp3) is 0.231. The lowest BCUT2D eigenvalue weighted by Crippen LogP contribution is -2.24. The molecule has 1 aliphatic carbocycles. The molecule has 11 heteroatoms. The molecule has 0 bridgehead atoms. The normalized spacial score (nSPS) is 14.3. The van der Waals surface area contributed by atoms with E-state index in [-0.39, 0.29) is 24.0 Å². The number of amides is 1. The molecule has 0 saturated carbocycles. The van der Waals surface area contributed by atoms with Crippen molar-refractivity contribution in [3.8, 4) is 17.2 Å². The summed E-state index contributed by atoms with van der Waals surface area (Å²) < 4.78 is 12.2. The quantitative estimate of drug-likeness (QED) is 0.157. The van der Waals surface area contributed by atoms with Crippen molar-refractivity contribution in [2.75, 3.05) is 12.5 Å². The Kier molecular flexibility index (Phi) is 6.62. The number of hydrogen-bond donors (Lipinski definition) is 1. The van der Waals surface area contributed by atoms with E-state index in [1.165, 1.54) is 22.9 Å². The second-order valence-corrected chi connectivity index (χ2v) is 11.1. The molecular weight excluding hydrogens is 532 g/mol. The summed E-state index contributed by atoms with van der Waals surface area (Å²) in [6, 6.07) is 12.5. The molecule has 3 heterocycles. The third kappa shape index (κ3) is 4.84. The first-order chi connectivity index (χ1) is 18.1. The molecule has 37 heavy (non-hydrogen) atoms. The number of aromatic nitrogens is 2. The fourth-order valence-corrected chi connectivity index (χ4v) is 6.67. The van der Waals surface area contributed by atoms with Crippen molar-refractivity contribution in [1.82, 2.24) is 15.0 Å². The fourth-order valence-electron chi connectivity index (χ4n) is 4.44. The van der Waals surface area contributed by atoms with Gasteiger partial charge in [-0.25, -0.2) is 10.4 Å². The molecule has 0 saturated heterocycles. The number of nitrogens with one attached hydrogen (secondary N) is 1. The van der Waals surface area contributed by atoms with Gasteiger partial charge in [0.1, 0.15) is 4.83 Å². The Morgan fingerprint density at radius 3 is 2.84 bits per heavy atom. The number of halogens is 1. The van der Waals surface area contributed by atoms with Gasteiger partial charge in [-0.2, -0.15) is 5.10 Å². The van der Waals surface area contributed by atoms with Gasteiger partial charge in [0.2, 0.25) is 6.79 Å². The second kappa shape index (κ2) is 10.2. The van der Waals surface area contributed by atoms with Crippen LogP contribution in [0.5, 0.6) is 11.5 Å². The van der Waals surface area contributed by atoms with E-state index in [0.717, 1.165) is 41.6 Å². The molecule has 188 valence electrons. The Morgan fingerprint density at radius 1 is 1.16 bits per heavy atom. The molecule has 1 aliphatic heterocycles. The Bertz CT molecular complexity index is 1600. The lowest BCUT2D eigenvalue weighted by molar-refractivity contribution is -0.118. The van der Waals surface area contributed by atoms with Crippen LogP contribution in [0.15, 0.2) is 57.5 Å². The zero-order valence-corrected chi connectivity index (χ0v) is 21.9. The number of carbonyl (C=O) groups excluding carboxylic acids is 1. The molecule has 0 spiro atoms. The van der Waals surface area contributed by atoms with Crippen LogP contribution < -0.4 is 20.5 Å². The Hall–Kier alpha value is -3.34. The van der Waals surface area contributed by atoms with Gasteiger partial charge in [0.05, 0.1) is 23.0 Å². The molecule has 2 aromatic carbocycles. The zero-order valence-electron chi connectivity index (χ0n) is 19.5. The van der Waals surface area contributed by atoms with Crippen molar-refractivity contribution in [2.24, 2.45) is 5.10 Å². The van der Waals surface area contributed by atoms with Crippen LogP contribution in [0.3, 0.4) is 0 Å². The third-order valence-corrected chi connectivity index (χ3v) is 8.55. The molecule has 2 aromatic heterocycles. The average molecular weight is 553 g/mol. The molecular formula is C26H21ClN4O4S2. The van der Waals surface area contributed by atoms with Crippen molar-refractivity contribution in [3.63, 3.8) is 0 Å². The summed E-state index contributed by atoms with van der Waals surface area (Å²) >= 11 is 8.87. The number of fused-ring (bicyclic) bond motifs is 4.